The maximum atomic E-state index is 6.08. The number of para-hydroxylation sites is 1. The summed E-state index contributed by atoms with van der Waals surface area (Å²) in [5.41, 5.74) is 10.4. The number of nitrogen functional groups attached to an aromatic ring is 1. The number of aromatic nitrogens is 1. The number of benzene rings is 2. The molecule has 0 bridgehead atoms. The Kier molecular flexibility index (Phi) is 4.17. The number of pyridine rings is 1. The number of halogens is 1. The predicted octanol–water partition coefficient (Wildman–Crippen LogP) is 4.73. The van der Waals surface area contributed by atoms with E-state index in [0.717, 1.165) is 22.4 Å². The molecule has 3 aromatic rings. The molecule has 0 aliphatic carbocycles. The molecule has 0 spiro atoms. The van der Waals surface area contributed by atoms with Crippen LogP contribution in [0.3, 0.4) is 0 Å². The maximum absolute atomic E-state index is 6.08. The van der Waals surface area contributed by atoms with E-state index < -0.39 is 0 Å². The summed E-state index contributed by atoms with van der Waals surface area (Å²) in [4.78, 5) is 8.45. The van der Waals surface area contributed by atoms with E-state index in [4.69, 9.17) is 17.3 Å². The zero-order chi connectivity index (χ0) is 15.4. The van der Waals surface area contributed by atoms with Crippen molar-refractivity contribution in [3.63, 3.8) is 0 Å². The minimum atomic E-state index is 0.385. The largest absolute Gasteiger partial charge is 0.398 e. The highest BCUT2D eigenvalue weighted by atomic mass is 35.5. The minimum Gasteiger partial charge on any atom is -0.398 e. The molecule has 1 aromatic heterocycles. The molecule has 0 radical (unpaired) electrons. The van der Waals surface area contributed by atoms with E-state index in [1.807, 2.05) is 54.6 Å². The normalized spacial score (nSPS) is 11.0. The Balaban J connectivity index is 2.03. The second-order valence-corrected chi connectivity index (χ2v) is 5.10. The highest BCUT2D eigenvalue weighted by molar-refractivity contribution is 6.31. The van der Waals surface area contributed by atoms with E-state index >= 15 is 0 Å². The SMILES string of the molecule is Nc1ccccc1-c1ccccc1C=Nc1cccnc1Cl. The zero-order valence-corrected chi connectivity index (χ0v) is 12.5. The average Bonchev–Trinajstić information content (AvgIpc) is 2.55. The lowest BCUT2D eigenvalue weighted by molar-refractivity contribution is 1.31. The average molecular weight is 308 g/mol. The first-order valence-electron chi connectivity index (χ1n) is 6.84. The number of aliphatic imine (C=N–C) groups is 1. The van der Waals surface area contributed by atoms with Gasteiger partial charge in [0.2, 0.25) is 0 Å². The third-order valence-electron chi connectivity index (χ3n) is 3.29. The summed E-state index contributed by atoms with van der Waals surface area (Å²) in [6.07, 6.45) is 3.42. The molecule has 0 amide bonds. The van der Waals surface area contributed by atoms with Crippen molar-refractivity contribution in [3.05, 3.63) is 77.6 Å². The van der Waals surface area contributed by atoms with Crippen molar-refractivity contribution in [1.82, 2.24) is 4.98 Å². The van der Waals surface area contributed by atoms with Crippen LogP contribution in [0, 0.1) is 0 Å². The molecule has 0 unspecified atom stereocenters. The monoisotopic (exact) mass is 307 g/mol. The fourth-order valence-corrected chi connectivity index (χ4v) is 2.38. The van der Waals surface area contributed by atoms with Crippen LogP contribution in [0.5, 0.6) is 0 Å². The second kappa shape index (κ2) is 6.41. The van der Waals surface area contributed by atoms with Gasteiger partial charge in [0.15, 0.2) is 5.15 Å². The summed E-state index contributed by atoms with van der Waals surface area (Å²) < 4.78 is 0. The van der Waals surface area contributed by atoms with Crippen LogP contribution in [-0.4, -0.2) is 11.2 Å². The van der Waals surface area contributed by atoms with Gasteiger partial charge in [-0.15, -0.1) is 0 Å². The van der Waals surface area contributed by atoms with Crippen LogP contribution < -0.4 is 5.73 Å². The van der Waals surface area contributed by atoms with Gasteiger partial charge < -0.3 is 5.73 Å². The van der Waals surface area contributed by atoms with Crippen LogP contribution in [0.25, 0.3) is 11.1 Å². The van der Waals surface area contributed by atoms with Gasteiger partial charge in [0, 0.05) is 29.2 Å². The van der Waals surface area contributed by atoms with E-state index in [1.165, 1.54) is 0 Å². The molecule has 0 aliphatic rings. The summed E-state index contributed by atoms with van der Waals surface area (Å²) in [5.74, 6) is 0. The van der Waals surface area contributed by atoms with Crippen molar-refractivity contribution in [2.75, 3.05) is 5.73 Å². The Morgan fingerprint density at radius 3 is 2.41 bits per heavy atom. The molecule has 108 valence electrons. The summed E-state index contributed by atoms with van der Waals surface area (Å²) >= 11 is 6.03. The van der Waals surface area contributed by atoms with Crippen LogP contribution in [0.4, 0.5) is 11.4 Å². The van der Waals surface area contributed by atoms with Gasteiger partial charge in [-0.05, 0) is 23.8 Å². The molecule has 22 heavy (non-hydrogen) atoms. The van der Waals surface area contributed by atoms with Crippen molar-refractivity contribution in [3.8, 4) is 11.1 Å². The molecule has 1 heterocycles. The van der Waals surface area contributed by atoms with E-state index in [2.05, 4.69) is 9.98 Å². The predicted molar refractivity (Wildman–Crippen MR) is 92.8 cm³/mol. The molecular formula is C18H14ClN3. The third kappa shape index (κ3) is 3.00. The molecule has 2 N–H and O–H groups in total. The van der Waals surface area contributed by atoms with E-state index in [1.54, 1.807) is 18.5 Å². The van der Waals surface area contributed by atoms with Gasteiger partial charge >= 0.3 is 0 Å². The molecule has 0 fully saturated rings. The number of hydrogen-bond acceptors (Lipinski definition) is 3. The number of rotatable bonds is 3. The fourth-order valence-electron chi connectivity index (χ4n) is 2.21. The highest BCUT2D eigenvalue weighted by Gasteiger charge is 2.06. The van der Waals surface area contributed by atoms with Gasteiger partial charge in [0.1, 0.15) is 5.69 Å². The van der Waals surface area contributed by atoms with Crippen molar-refractivity contribution in [1.29, 1.82) is 0 Å². The molecule has 0 aliphatic heterocycles. The fraction of sp³-hybridized carbons (Fsp3) is 0. The van der Waals surface area contributed by atoms with Crippen LogP contribution in [0.1, 0.15) is 5.56 Å². The van der Waals surface area contributed by atoms with Crippen LogP contribution in [-0.2, 0) is 0 Å². The smallest absolute Gasteiger partial charge is 0.154 e. The van der Waals surface area contributed by atoms with Crippen molar-refractivity contribution >= 4 is 29.2 Å². The molecular weight excluding hydrogens is 294 g/mol. The first-order valence-corrected chi connectivity index (χ1v) is 7.22. The Bertz CT molecular complexity index is 828. The number of nitrogens with zero attached hydrogens (tertiary/aromatic N) is 2. The second-order valence-electron chi connectivity index (χ2n) is 4.75. The number of hydrogen-bond donors (Lipinski definition) is 1. The number of anilines is 1. The van der Waals surface area contributed by atoms with Gasteiger partial charge in [-0.1, -0.05) is 54.1 Å². The van der Waals surface area contributed by atoms with Crippen LogP contribution >= 0.6 is 11.6 Å². The highest BCUT2D eigenvalue weighted by Crippen LogP contribution is 2.28. The topological polar surface area (TPSA) is 51.3 Å². The Labute approximate surface area is 134 Å². The van der Waals surface area contributed by atoms with Gasteiger partial charge in [-0.2, -0.15) is 0 Å². The van der Waals surface area contributed by atoms with Gasteiger partial charge in [0.25, 0.3) is 0 Å². The molecule has 4 heteroatoms. The minimum absolute atomic E-state index is 0.385. The lowest BCUT2D eigenvalue weighted by atomic mass is 9.99. The van der Waals surface area contributed by atoms with E-state index in [9.17, 15) is 0 Å². The van der Waals surface area contributed by atoms with Crippen LogP contribution in [0.2, 0.25) is 5.15 Å². The molecule has 0 atom stereocenters. The maximum Gasteiger partial charge on any atom is 0.154 e. The molecule has 3 nitrogen and oxygen atoms in total. The summed E-state index contributed by atoms with van der Waals surface area (Å²) in [6.45, 7) is 0. The van der Waals surface area contributed by atoms with Crippen molar-refractivity contribution < 1.29 is 0 Å². The molecule has 3 rings (SSSR count). The lowest BCUT2D eigenvalue weighted by Crippen LogP contribution is -1.93. The standard InChI is InChI=1S/C18H14ClN3/c19-18-17(10-5-11-21-18)22-12-13-6-1-2-7-14(13)15-8-3-4-9-16(15)20/h1-12H,20H2. The molecule has 2 aromatic carbocycles. The lowest BCUT2D eigenvalue weighted by Gasteiger charge is -2.08. The first kappa shape index (κ1) is 14.3. The summed E-state index contributed by atoms with van der Waals surface area (Å²) in [6, 6.07) is 19.4. The van der Waals surface area contributed by atoms with Crippen molar-refractivity contribution in [2.24, 2.45) is 4.99 Å². The summed E-state index contributed by atoms with van der Waals surface area (Å²) in [7, 11) is 0. The third-order valence-corrected chi connectivity index (χ3v) is 3.59. The Morgan fingerprint density at radius 1 is 0.909 bits per heavy atom. The summed E-state index contributed by atoms with van der Waals surface area (Å²) in [5, 5.41) is 0.385. The molecule has 0 saturated heterocycles. The van der Waals surface area contributed by atoms with Crippen LogP contribution in [0.15, 0.2) is 71.9 Å². The quantitative estimate of drug-likeness (QED) is 0.432. The zero-order valence-electron chi connectivity index (χ0n) is 11.8. The van der Waals surface area contributed by atoms with Gasteiger partial charge in [-0.25, -0.2) is 4.98 Å². The van der Waals surface area contributed by atoms with Crippen molar-refractivity contribution in [2.45, 2.75) is 0 Å². The van der Waals surface area contributed by atoms with Gasteiger partial charge in [0.05, 0.1) is 0 Å². The molecule has 0 saturated carbocycles. The van der Waals surface area contributed by atoms with E-state index in [-0.39, 0.29) is 0 Å². The Morgan fingerprint density at radius 2 is 1.64 bits per heavy atom. The van der Waals surface area contributed by atoms with Gasteiger partial charge in [-0.3, -0.25) is 4.99 Å². The van der Waals surface area contributed by atoms with E-state index in [0.29, 0.717) is 10.8 Å². The number of nitrogens with two attached hydrogens (primary N) is 1. The first-order chi connectivity index (χ1) is 10.8. The Hall–Kier alpha value is -2.65.